The van der Waals surface area contributed by atoms with Gasteiger partial charge in [0.15, 0.2) is 0 Å². The summed E-state index contributed by atoms with van der Waals surface area (Å²) in [6.45, 7) is 9.11. The van der Waals surface area contributed by atoms with Gasteiger partial charge in [0.2, 0.25) is 0 Å². The molecule has 0 radical (unpaired) electrons. The topological polar surface area (TPSA) is 60.7 Å². The molecule has 1 heterocycles. The average molecular weight is 367 g/mol. The van der Waals surface area contributed by atoms with Crippen molar-refractivity contribution in [2.75, 3.05) is 13.2 Å². The zero-order valence-corrected chi connectivity index (χ0v) is 16.2. The van der Waals surface area contributed by atoms with Gasteiger partial charge in [0.05, 0.1) is 18.7 Å². The number of phenols is 1. The van der Waals surface area contributed by atoms with E-state index in [1.807, 2.05) is 36.6 Å². The molecule has 0 saturated heterocycles. The van der Waals surface area contributed by atoms with Gasteiger partial charge in [-0.05, 0) is 57.5 Å². The first-order valence-corrected chi connectivity index (χ1v) is 9.11. The van der Waals surface area contributed by atoms with Crippen LogP contribution in [-0.4, -0.2) is 28.9 Å². The lowest BCUT2D eigenvalue weighted by Crippen LogP contribution is -2.11. The van der Waals surface area contributed by atoms with Gasteiger partial charge in [0, 0.05) is 16.6 Å². The quantitative estimate of drug-likeness (QED) is 0.651. The molecule has 27 heavy (non-hydrogen) atoms. The first-order valence-electron chi connectivity index (χ1n) is 9.11. The van der Waals surface area contributed by atoms with Crippen LogP contribution in [-0.2, 0) is 11.3 Å². The molecule has 3 rings (SSSR count). The molecular formula is C22H25NO4. The van der Waals surface area contributed by atoms with E-state index >= 15 is 0 Å². The van der Waals surface area contributed by atoms with E-state index in [2.05, 4.69) is 13.0 Å². The largest absolute Gasteiger partial charge is 0.508 e. The second-order valence-corrected chi connectivity index (χ2v) is 6.65. The van der Waals surface area contributed by atoms with Crippen LogP contribution >= 0.6 is 0 Å². The van der Waals surface area contributed by atoms with E-state index in [4.69, 9.17) is 9.47 Å². The molecule has 142 valence electrons. The molecule has 1 N–H and O–H groups in total. The number of nitrogens with zero attached hydrogens (tertiary/aromatic N) is 1. The van der Waals surface area contributed by atoms with Gasteiger partial charge in [0.25, 0.3) is 0 Å². The molecule has 2 aromatic carbocycles. The molecule has 0 aliphatic carbocycles. The van der Waals surface area contributed by atoms with Crippen LogP contribution in [0.3, 0.4) is 0 Å². The molecule has 0 atom stereocenters. The van der Waals surface area contributed by atoms with E-state index in [0.717, 1.165) is 22.5 Å². The Morgan fingerprint density at radius 1 is 1.11 bits per heavy atom. The maximum atomic E-state index is 12.4. The highest BCUT2D eigenvalue weighted by molar-refractivity contribution is 6.06. The summed E-state index contributed by atoms with van der Waals surface area (Å²) in [4.78, 5) is 12.4. The molecule has 5 nitrogen and oxygen atoms in total. The fourth-order valence-corrected chi connectivity index (χ4v) is 3.43. The van der Waals surface area contributed by atoms with Crippen molar-refractivity contribution < 1.29 is 19.4 Å². The van der Waals surface area contributed by atoms with E-state index < -0.39 is 0 Å². The van der Waals surface area contributed by atoms with Gasteiger partial charge < -0.3 is 19.1 Å². The molecule has 0 spiro atoms. The number of phenolic OH excluding ortho intramolecular Hbond substituents is 1. The predicted octanol–water partition coefficient (Wildman–Crippen LogP) is 4.53. The van der Waals surface area contributed by atoms with E-state index in [-0.39, 0.29) is 11.7 Å². The van der Waals surface area contributed by atoms with Gasteiger partial charge in [-0.2, -0.15) is 0 Å². The Labute approximate surface area is 159 Å². The summed E-state index contributed by atoms with van der Waals surface area (Å²) in [5.41, 5.74) is 4.47. The molecule has 3 aromatic rings. The van der Waals surface area contributed by atoms with Gasteiger partial charge in [-0.3, -0.25) is 0 Å². The van der Waals surface area contributed by atoms with Crippen molar-refractivity contribution in [3.63, 3.8) is 0 Å². The second kappa shape index (κ2) is 7.74. The summed E-state index contributed by atoms with van der Waals surface area (Å²) in [5, 5.41) is 10.6. The zero-order chi connectivity index (χ0) is 19.6. The smallest absolute Gasteiger partial charge is 0.340 e. The third-order valence-electron chi connectivity index (χ3n) is 4.69. The van der Waals surface area contributed by atoms with Crippen molar-refractivity contribution in [2.45, 2.75) is 34.2 Å². The summed E-state index contributed by atoms with van der Waals surface area (Å²) in [5.74, 6) is 0.606. The van der Waals surface area contributed by atoms with Crippen LogP contribution < -0.4 is 4.74 Å². The number of hydrogen-bond acceptors (Lipinski definition) is 4. The lowest BCUT2D eigenvalue weighted by molar-refractivity contribution is 0.0527. The van der Waals surface area contributed by atoms with Crippen LogP contribution in [0.15, 0.2) is 36.4 Å². The van der Waals surface area contributed by atoms with Crippen molar-refractivity contribution in [3.8, 4) is 11.5 Å². The number of aromatic nitrogens is 1. The number of aryl methyl sites for hydroxylation is 2. The lowest BCUT2D eigenvalue weighted by atomic mass is 10.1. The Hall–Kier alpha value is -2.95. The highest BCUT2D eigenvalue weighted by Gasteiger charge is 2.21. The molecule has 1 aromatic heterocycles. The van der Waals surface area contributed by atoms with Crippen molar-refractivity contribution in [1.82, 2.24) is 4.57 Å². The summed E-state index contributed by atoms with van der Waals surface area (Å²) < 4.78 is 13.2. The van der Waals surface area contributed by atoms with Crippen LogP contribution in [0.4, 0.5) is 0 Å². The minimum atomic E-state index is -0.375. The molecular weight excluding hydrogens is 342 g/mol. The van der Waals surface area contributed by atoms with Crippen molar-refractivity contribution in [2.24, 2.45) is 0 Å². The Balaban J connectivity index is 1.89. The van der Waals surface area contributed by atoms with Gasteiger partial charge in [-0.1, -0.05) is 17.7 Å². The van der Waals surface area contributed by atoms with Crippen LogP contribution in [0, 0.1) is 20.8 Å². The van der Waals surface area contributed by atoms with Crippen LogP contribution in [0.5, 0.6) is 11.5 Å². The highest BCUT2D eigenvalue weighted by atomic mass is 16.5. The highest BCUT2D eigenvalue weighted by Crippen LogP contribution is 2.30. The number of esters is 1. The third-order valence-corrected chi connectivity index (χ3v) is 4.69. The standard InChI is InChI=1S/C22H25NO4/c1-5-26-22(25)21-16(4)23(19-8-7-17(24)13-18(19)21)10-11-27-20-9-6-14(2)12-15(20)3/h6-9,12-13,24H,5,10-11H2,1-4H3. The number of fused-ring (bicyclic) bond motifs is 1. The van der Waals surface area contributed by atoms with E-state index in [0.29, 0.717) is 30.7 Å². The molecule has 0 unspecified atom stereocenters. The fourth-order valence-electron chi connectivity index (χ4n) is 3.43. The van der Waals surface area contributed by atoms with E-state index in [1.54, 1.807) is 19.1 Å². The average Bonchev–Trinajstić information content (AvgIpc) is 2.88. The van der Waals surface area contributed by atoms with Crippen LogP contribution in [0.2, 0.25) is 0 Å². The Bertz CT molecular complexity index is 988. The molecule has 5 heteroatoms. The monoisotopic (exact) mass is 367 g/mol. The molecule has 0 amide bonds. The maximum Gasteiger partial charge on any atom is 0.340 e. The van der Waals surface area contributed by atoms with Crippen molar-refractivity contribution in [3.05, 3.63) is 58.8 Å². The lowest BCUT2D eigenvalue weighted by Gasteiger charge is -2.12. The first-order chi connectivity index (χ1) is 12.9. The number of benzene rings is 2. The maximum absolute atomic E-state index is 12.4. The van der Waals surface area contributed by atoms with Gasteiger partial charge >= 0.3 is 5.97 Å². The molecule has 0 aliphatic heterocycles. The van der Waals surface area contributed by atoms with Crippen molar-refractivity contribution >= 4 is 16.9 Å². The molecule has 0 aliphatic rings. The van der Waals surface area contributed by atoms with E-state index in [1.165, 1.54) is 5.56 Å². The van der Waals surface area contributed by atoms with Crippen molar-refractivity contribution in [1.29, 1.82) is 0 Å². The first kappa shape index (κ1) is 18.8. The Morgan fingerprint density at radius 2 is 1.89 bits per heavy atom. The molecule has 0 saturated carbocycles. The third kappa shape index (κ3) is 3.77. The molecule has 0 bridgehead atoms. The fraction of sp³-hybridized carbons (Fsp3) is 0.318. The van der Waals surface area contributed by atoms with Gasteiger partial charge in [0.1, 0.15) is 18.1 Å². The summed E-state index contributed by atoms with van der Waals surface area (Å²) in [6, 6.07) is 11.1. The minimum Gasteiger partial charge on any atom is -0.508 e. The summed E-state index contributed by atoms with van der Waals surface area (Å²) in [6.07, 6.45) is 0. The summed E-state index contributed by atoms with van der Waals surface area (Å²) in [7, 11) is 0. The Kier molecular flexibility index (Phi) is 5.40. The van der Waals surface area contributed by atoms with Crippen LogP contribution in [0.1, 0.15) is 34.1 Å². The number of carbonyl (C=O) groups excluding carboxylic acids is 1. The van der Waals surface area contributed by atoms with Crippen LogP contribution in [0.25, 0.3) is 10.9 Å². The predicted molar refractivity (Wildman–Crippen MR) is 106 cm³/mol. The number of ether oxygens (including phenoxy) is 2. The number of hydrogen-bond donors (Lipinski definition) is 1. The zero-order valence-electron chi connectivity index (χ0n) is 16.2. The minimum absolute atomic E-state index is 0.122. The molecule has 0 fully saturated rings. The number of aromatic hydroxyl groups is 1. The summed E-state index contributed by atoms with van der Waals surface area (Å²) >= 11 is 0. The SMILES string of the molecule is CCOC(=O)c1c(C)n(CCOc2ccc(C)cc2C)c2ccc(O)cc12. The Morgan fingerprint density at radius 3 is 2.59 bits per heavy atom. The number of rotatable bonds is 6. The second-order valence-electron chi connectivity index (χ2n) is 6.65. The van der Waals surface area contributed by atoms with Gasteiger partial charge in [-0.15, -0.1) is 0 Å². The van der Waals surface area contributed by atoms with Gasteiger partial charge in [-0.25, -0.2) is 4.79 Å². The van der Waals surface area contributed by atoms with E-state index in [9.17, 15) is 9.90 Å². The number of carbonyl (C=O) groups is 1. The normalized spacial score (nSPS) is 11.0.